The molecule has 1 aromatic heterocycles. The zero-order chi connectivity index (χ0) is 12.7. The van der Waals surface area contributed by atoms with Crippen LogP contribution in [0.1, 0.15) is 25.7 Å². The Morgan fingerprint density at radius 3 is 2.88 bits per heavy atom. The lowest BCUT2D eigenvalue weighted by atomic mass is 10.2. The predicted molar refractivity (Wildman–Crippen MR) is 65.9 cm³/mol. The van der Waals surface area contributed by atoms with Crippen LogP contribution >= 0.6 is 0 Å². The summed E-state index contributed by atoms with van der Waals surface area (Å²) in [6, 6.07) is 1.69. The molecule has 6 nitrogen and oxygen atoms in total. The topological polar surface area (TPSA) is 82.2 Å². The summed E-state index contributed by atoms with van der Waals surface area (Å²) >= 11 is 0. The number of anilines is 1. The van der Waals surface area contributed by atoms with Crippen molar-refractivity contribution in [2.75, 3.05) is 19.0 Å². The molecule has 3 N–H and O–H groups in total. The Kier molecular flexibility index (Phi) is 5.48. The first-order valence-corrected chi connectivity index (χ1v) is 5.75. The quantitative estimate of drug-likeness (QED) is 0.693. The van der Waals surface area contributed by atoms with Crippen LogP contribution in [-0.4, -0.2) is 29.3 Å². The van der Waals surface area contributed by atoms with E-state index in [-0.39, 0.29) is 5.91 Å². The number of amides is 1. The number of rotatable bonds is 7. The van der Waals surface area contributed by atoms with E-state index in [2.05, 4.69) is 10.4 Å². The van der Waals surface area contributed by atoms with Crippen LogP contribution in [0, 0.1) is 0 Å². The standard InChI is InChI=1S/C11H20N4O2/c1-15-11(17-2)8-9(14-15)13-10(16)6-4-3-5-7-12/h8H,3-7,12H2,1-2H3,(H,13,14,16). The molecule has 6 heteroatoms. The van der Waals surface area contributed by atoms with E-state index in [0.29, 0.717) is 24.7 Å². The maximum Gasteiger partial charge on any atom is 0.225 e. The Bertz CT molecular complexity index is 362. The van der Waals surface area contributed by atoms with Gasteiger partial charge in [-0.25, -0.2) is 4.68 Å². The summed E-state index contributed by atoms with van der Waals surface area (Å²) in [6.07, 6.45) is 3.30. The van der Waals surface area contributed by atoms with Crippen molar-refractivity contribution >= 4 is 11.7 Å². The second-order valence-electron chi connectivity index (χ2n) is 3.84. The van der Waals surface area contributed by atoms with Crippen molar-refractivity contribution in [1.29, 1.82) is 0 Å². The van der Waals surface area contributed by atoms with Crippen LogP contribution in [0.4, 0.5) is 5.82 Å². The summed E-state index contributed by atoms with van der Waals surface area (Å²) in [5.41, 5.74) is 5.38. The van der Waals surface area contributed by atoms with Gasteiger partial charge in [-0.15, -0.1) is 0 Å². The van der Waals surface area contributed by atoms with Crippen LogP contribution < -0.4 is 15.8 Å². The molecule has 0 atom stereocenters. The van der Waals surface area contributed by atoms with Crippen molar-refractivity contribution in [1.82, 2.24) is 9.78 Å². The molecule has 96 valence electrons. The Balaban J connectivity index is 2.34. The van der Waals surface area contributed by atoms with Gasteiger partial charge in [0.2, 0.25) is 11.8 Å². The van der Waals surface area contributed by atoms with Crippen LogP contribution in [0.25, 0.3) is 0 Å². The van der Waals surface area contributed by atoms with E-state index < -0.39 is 0 Å². The zero-order valence-corrected chi connectivity index (χ0v) is 10.4. The third kappa shape index (κ3) is 4.44. The van der Waals surface area contributed by atoms with Crippen LogP contribution in [0.5, 0.6) is 5.88 Å². The van der Waals surface area contributed by atoms with E-state index in [4.69, 9.17) is 10.5 Å². The first kappa shape index (κ1) is 13.5. The average Bonchev–Trinajstić information content (AvgIpc) is 2.65. The van der Waals surface area contributed by atoms with Gasteiger partial charge in [0.15, 0.2) is 5.82 Å². The fourth-order valence-corrected chi connectivity index (χ4v) is 1.51. The third-order valence-electron chi connectivity index (χ3n) is 2.42. The number of unbranched alkanes of at least 4 members (excludes halogenated alkanes) is 2. The van der Waals surface area contributed by atoms with Gasteiger partial charge >= 0.3 is 0 Å². The molecular weight excluding hydrogens is 220 g/mol. The molecule has 0 radical (unpaired) electrons. The number of hydrogen-bond acceptors (Lipinski definition) is 4. The van der Waals surface area contributed by atoms with E-state index in [1.165, 1.54) is 0 Å². The van der Waals surface area contributed by atoms with Gasteiger partial charge in [-0.1, -0.05) is 6.42 Å². The Morgan fingerprint density at radius 1 is 1.53 bits per heavy atom. The fraction of sp³-hybridized carbons (Fsp3) is 0.636. The van der Waals surface area contributed by atoms with Crippen LogP contribution in [0.3, 0.4) is 0 Å². The lowest BCUT2D eigenvalue weighted by Gasteiger charge is -2.01. The van der Waals surface area contributed by atoms with Gasteiger partial charge in [-0.2, -0.15) is 5.10 Å². The minimum absolute atomic E-state index is 0.0252. The fourth-order valence-electron chi connectivity index (χ4n) is 1.51. The van der Waals surface area contributed by atoms with Crippen molar-refractivity contribution in [3.8, 4) is 5.88 Å². The van der Waals surface area contributed by atoms with Gasteiger partial charge in [-0.3, -0.25) is 4.79 Å². The lowest BCUT2D eigenvalue weighted by molar-refractivity contribution is -0.116. The molecule has 0 aliphatic carbocycles. The highest BCUT2D eigenvalue weighted by atomic mass is 16.5. The molecule has 0 fully saturated rings. The highest BCUT2D eigenvalue weighted by Gasteiger charge is 2.08. The van der Waals surface area contributed by atoms with Gasteiger partial charge < -0.3 is 15.8 Å². The summed E-state index contributed by atoms with van der Waals surface area (Å²) in [6.45, 7) is 0.680. The van der Waals surface area contributed by atoms with Gasteiger partial charge in [0.05, 0.1) is 7.11 Å². The van der Waals surface area contributed by atoms with Gasteiger partial charge in [0.25, 0.3) is 0 Å². The van der Waals surface area contributed by atoms with Crippen molar-refractivity contribution in [2.45, 2.75) is 25.7 Å². The van der Waals surface area contributed by atoms with E-state index in [1.54, 1.807) is 24.9 Å². The highest BCUT2D eigenvalue weighted by molar-refractivity contribution is 5.89. The predicted octanol–water partition coefficient (Wildman–Crippen LogP) is 0.886. The molecule has 17 heavy (non-hydrogen) atoms. The van der Waals surface area contributed by atoms with E-state index in [0.717, 1.165) is 19.3 Å². The van der Waals surface area contributed by atoms with E-state index in [1.807, 2.05) is 0 Å². The normalized spacial score (nSPS) is 10.3. The molecule has 1 amide bonds. The molecule has 1 rings (SSSR count). The van der Waals surface area contributed by atoms with Crippen LogP contribution in [-0.2, 0) is 11.8 Å². The minimum atomic E-state index is -0.0252. The number of carbonyl (C=O) groups excluding carboxylic acids is 1. The molecule has 0 aromatic carbocycles. The first-order chi connectivity index (χ1) is 8.17. The summed E-state index contributed by atoms with van der Waals surface area (Å²) in [4.78, 5) is 11.6. The minimum Gasteiger partial charge on any atom is -0.481 e. The highest BCUT2D eigenvalue weighted by Crippen LogP contribution is 2.15. The monoisotopic (exact) mass is 240 g/mol. The summed E-state index contributed by atoms with van der Waals surface area (Å²) in [5, 5.41) is 6.84. The van der Waals surface area contributed by atoms with Gasteiger partial charge in [-0.05, 0) is 19.4 Å². The number of aryl methyl sites for hydroxylation is 1. The summed E-state index contributed by atoms with van der Waals surface area (Å²) < 4.78 is 6.63. The summed E-state index contributed by atoms with van der Waals surface area (Å²) in [5.74, 6) is 1.11. The molecule has 0 bridgehead atoms. The molecule has 0 aliphatic rings. The second kappa shape index (κ2) is 6.90. The SMILES string of the molecule is COc1cc(NC(=O)CCCCCN)nn1C. The Morgan fingerprint density at radius 2 is 2.29 bits per heavy atom. The molecule has 0 unspecified atom stereocenters. The van der Waals surface area contributed by atoms with Crippen LogP contribution in [0.2, 0.25) is 0 Å². The number of carbonyl (C=O) groups is 1. The number of aromatic nitrogens is 2. The van der Waals surface area contributed by atoms with Gasteiger partial charge in [0, 0.05) is 19.5 Å². The van der Waals surface area contributed by atoms with E-state index in [9.17, 15) is 4.79 Å². The van der Waals surface area contributed by atoms with Crippen molar-refractivity contribution in [2.24, 2.45) is 12.8 Å². The number of nitrogens with zero attached hydrogens (tertiary/aromatic N) is 2. The maximum atomic E-state index is 11.6. The number of methoxy groups -OCH3 is 1. The molecule has 0 aliphatic heterocycles. The molecule has 1 heterocycles. The second-order valence-corrected chi connectivity index (χ2v) is 3.84. The number of ether oxygens (including phenoxy) is 1. The zero-order valence-electron chi connectivity index (χ0n) is 10.4. The smallest absolute Gasteiger partial charge is 0.225 e. The molecule has 1 aromatic rings. The van der Waals surface area contributed by atoms with Crippen LogP contribution in [0.15, 0.2) is 6.07 Å². The Labute approximate surface area is 101 Å². The lowest BCUT2D eigenvalue weighted by Crippen LogP contribution is -2.12. The van der Waals surface area contributed by atoms with Crippen molar-refractivity contribution in [3.05, 3.63) is 6.07 Å². The number of nitrogens with two attached hydrogens (primary N) is 1. The Hall–Kier alpha value is -1.56. The van der Waals surface area contributed by atoms with Crippen molar-refractivity contribution < 1.29 is 9.53 Å². The largest absolute Gasteiger partial charge is 0.481 e. The summed E-state index contributed by atoms with van der Waals surface area (Å²) in [7, 11) is 3.32. The number of hydrogen-bond donors (Lipinski definition) is 2. The molecular formula is C11H20N4O2. The molecule has 0 saturated carbocycles. The molecule has 0 spiro atoms. The van der Waals surface area contributed by atoms with Crippen molar-refractivity contribution in [3.63, 3.8) is 0 Å². The van der Waals surface area contributed by atoms with E-state index >= 15 is 0 Å². The molecule has 0 saturated heterocycles. The average molecular weight is 240 g/mol. The third-order valence-corrected chi connectivity index (χ3v) is 2.42. The first-order valence-electron chi connectivity index (χ1n) is 5.75. The number of nitrogens with one attached hydrogen (secondary N) is 1. The van der Waals surface area contributed by atoms with Gasteiger partial charge in [0.1, 0.15) is 0 Å². The maximum absolute atomic E-state index is 11.6.